The average Bonchev–Trinajstić information content (AvgIpc) is 3.20. The Morgan fingerprint density at radius 1 is 1.18 bits per heavy atom. The number of hydrogen-bond acceptors (Lipinski definition) is 5. The van der Waals surface area contributed by atoms with E-state index in [-0.39, 0.29) is 24.0 Å². The van der Waals surface area contributed by atoms with Crippen molar-refractivity contribution in [1.29, 1.82) is 0 Å². The number of nitrogens with zero attached hydrogens (tertiary/aromatic N) is 4. The highest BCUT2D eigenvalue weighted by molar-refractivity contribution is 9.10. The summed E-state index contributed by atoms with van der Waals surface area (Å²) in [6, 6.07) is 4.11. The van der Waals surface area contributed by atoms with E-state index in [9.17, 15) is 9.59 Å². The Bertz CT molecular complexity index is 994. The number of ether oxygens (including phenoxy) is 1. The van der Waals surface area contributed by atoms with Gasteiger partial charge in [0.25, 0.3) is 5.91 Å². The Morgan fingerprint density at radius 2 is 1.91 bits per heavy atom. The summed E-state index contributed by atoms with van der Waals surface area (Å²) in [6.45, 7) is 5.62. The summed E-state index contributed by atoms with van der Waals surface area (Å²) < 4.78 is 8.76. The first-order valence-electron chi connectivity index (χ1n) is 12.3. The van der Waals surface area contributed by atoms with Crippen LogP contribution in [0.5, 0.6) is 5.88 Å². The minimum absolute atomic E-state index is 0.0180. The number of aryl methyl sites for hydroxylation is 2. The Labute approximate surface area is 209 Å². The molecule has 9 heteroatoms. The zero-order valence-electron chi connectivity index (χ0n) is 20.0. The minimum atomic E-state index is -0.0469. The van der Waals surface area contributed by atoms with Crippen LogP contribution in [0, 0.1) is 12.8 Å². The maximum Gasteiger partial charge on any atom is 0.275 e. The van der Waals surface area contributed by atoms with Crippen molar-refractivity contribution in [3.05, 3.63) is 40.3 Å². The van der Waals surface area contributed by atoms with E-state index >= 15 is 0 Å². The van der Waals surface area contributed by atoms with Gasteiger partial charge in [-0.05, 0) is 79.8 Å². The van der Waals surface area contributed by atoms with Gasteiger partial charge in [-0.15, -0.1) is 0 Å². The summed E-state index contributed by atoms with van der Waals surface area (Å²) in [5.74, 6) is 1.33. The lowest BCUT2D eigenvalue weighted by molar-refractivity contribution is -0.119. The monoisotopic (exact) mass is 531 g/mol. The molecule has 1 aliphatic carbocycles. The molecule has 1 aliphatic heterocycles. The molecule has 8 nitrogen and oxygen atoms in total. The third-order valence-electron chi connectivity index (χ3n) is 6.91. The van der Waals surface area contributed by atoms with E-state index in [2.05, 4.69) is 31.3 Å². The molecule has 2 amide bonds. The van der Waals surface area contributed by atoms with Gasteiger partial charge in [0.05, 0.1) is 4.47 Å². The van der Waals surface area contributed by atoms with E-state index in [4.69, 9.17) is 4.74 Å². The number of rotatable bonds is 7. The van der Waals surface area contributed by atoms with E-state index in [1.165, 1.54) is 6.92 Å². The predicted octanol–water partition coefficient (Wildman–Crippen LogP) is 4.12. The van der Waals surface area contributed by atoms with Crippen molar-refractivity contribution in [2.75, 3.05) is 13.1 Å². The van der Waals surface area contributed by atoms with Crippen LogP contribution in [0.4, 0.5) is 0 Å². The van der Waals surface area contributed by atoms with Gasteiger partial charge >= 0.3 is 0 Å². The topological polar surface area (TPSA) is 89.4 Å². The van der Waals surface area contributed by atoms with Crippen LogP contribution < -0.4 is 10.1 Å². The van der Waals surface area contributed by atoms with Crippen molar-refractivity contribution < 1.29 is 14.3 Å². The lowest BCUT2D eigenvalue weighted by Crippen LogP contribution is -2.46. The maximum absolute atomic E-state index is 13.0. The largest absolute Gasteiger partial charge is 0.474 e. The summed E-state index contributed by atoms with van der Waals surface area (Å²) in [5, 5.41) is 7.54. The van der Waals surface area contributed by atoms with E-state index in [1.54, 1.807) is 6.20 Å². The zero-order valence-corrected chi connectivity index (χ0v) is 21.6. The molecule has 0 unspecified atom stereocenters. The molecule has 0 radical (unpaired) electrons. The van der Waals surface area contributed by atoms with E-state index in [0.29, 0.717) is 24.7 Å². The number of nitrogens with one attached hydrogen (secondary N) is 1. The Hall–Kier alpha value is -2.42. The molecule has 2 aromatic rings. The second-order valence-corrected chi connectivity index (χ2v) is 10.4. The summed E-state index contributed by atoms with van der Waals surface area (Å²) in [4.78, 5) is 30.4. The molecule has 0 aromatic carbocycles. The minimum Gasteiger partial charge on any atom is -0.474 e. The van der Waals surface area contributed by atoms with Crippen molar-refractivity contribution in [2.45, 2.75) is 77.5 Å². The van der Waals surface area contributed by atoms with E-state index < -0.39 is 0 Å². The number of halogens is 1. The van der Waals surface area contributed by atoms with Crippen LogP contribution >= 0.6 is 15.9 Å². The van der Waals surface area contributed by atoms with Crippen molar-refractivity contribution >= 4 is 27.7 Å². The summed E-state index contributed by atoms with van der Waals surface area (Å²) in [6.07, 6.45) is 10.9. The number of piperidine rings is 1. The fraction of sp³-hybridized carbons (Fsp3) is 0.600. The fourth-order valence-corrected chi connectivity index (χ4v) is 5.41. The van der Waals surface area contributed by atoms with Crippen LogP contribution in [-0.2, 0) is 11.3 Å². The molecule has 0 spiro atoms. The maximum atomic E-state index is 13.0. The molecule has 1 saturated heterocycles. The van der Waals surface area contributed by atoms with Crippen molar-refractivity contribution in [3.8, 4) is 5.88 Å². The second-order valence-electron chi connectivity index (χ2n) is 9.53. The highest BCUT2D eigenvalue weighted by Gasteiger charge is 2.28. The number of pyridine rings is 1. The molecular formula is C25H34BrN5O3. The van der Waals surface area contributed by atoms with Gasteiger partial charge in [0.1, 0.15) is 6.10 Å². The van der Waals surface area contributed by atoms with E-state index in [1.807, 2.05) is 34.8 Å². The molecule has 2 aliphatic rings. The van der Waals surface area contributed by atoms with Crippen LogP contribution in [0.2, 0.25) is 0 Å². The van der Waals surface area contributed by atoms with Gasteiger partial charge in [-0.25, -0.2) is 4.98 Å². The van der Waals surface area contributed by atoms with Gasteiger partial charge in [-0.1, -0.05) is 6.07 Å². The number of carbonyl (C=O) groups is 2. The van der Waals surface area contributed by atoms with Gasteiger partial charge in [0, 0.05) is 50.6 Å². The van der Waals surface area contributed by atoms with Crippen LogP contribution in [0.15, 0.2) is 29.0 Å². The number of likely N-dealkylation sites (tertiary alicyclic amines) is 1. The smallest absolute Gasteiger partial charge is 0.275 e. The molecule has 3 heterocycles. The first kappa shape index (κ1) is 24.7. The van der Waals surface area contributed by atoms with E-state index in [0.717, 1.165) is 67.4 Å². The number of aromatic nitrogens is 3. The first-order chi connectivity index (χ1) is 16.4. The predicted molar refractivity (Wildman–Crippen MR) is 133 cm³/mol. The third-order valence-corrected chi connectivity index (χ3v) is 7.49. The lowest BCUT2D eigenvalue weighted by atomic mass is 9.85. The average molecular weight is 532 g/mol. The Balaban J connectivity index is 1.23. The highest BCUT2D eigenvalue weighted by Crippen LogP contribution is 2.30. The first-order valence-corrected chi connectivity index (χ1v) is 13.1. The number of hydrogen-bond donors (Lipinski definition) is 1. The van der Waals surface area contributed by atoms with Crippen molar-refractivity contribution in [2.24, 2.45) is 5.92 Å². The molecular weight excluding hydrogens is 498 g/mol. The zero-order chi connectivity index (χ0) is 24.1. The Morgan fingerprint density at radius 3 is 2.59 bits per heavy atom. The molecule has 184 valence electrons. The van der Waals surface area contributed by atoms with Gasteiger partial charge in [-0.3, -0.25) is 14.3 Å². The molecule has 2 aromatic heterocycles. The molecule has 0 bridgehead atoms. The van der Waals surface area contributed by atoms with Gasteiger partial charge in [-0.2, -0.15) is 5.10 Å². The van der Waals surface area contributed by atoms with Gasteiger partial charge in [0.15, 0.2) is 5.69 Å². The fourth-order valence-electron chi connectivity index (χ4n) is 4.93. The Kier molecular flexibility index (Phi) is 8.24. The molecule has 0 atom stereocenters. The SMILES string of the molecule is CC(=O)NC1CCN(C(=O)c2nn(CCC3CCC(Oc4ncccc4C)CC3)cc2Br)CC1. The van der Waals surface area contributed by atoms with Crippen LogP contribution in [-0.4, -0.2) is 56.7 Å². The molecule has 2 fully saturated rings. The molecule has 1 N–H and O–H groups in total. The second kappa shape index (κ2) is 11.3. The van der Waals surface area contributed by atoms with Crippen molar-refractivity contribution in [3.63, 3.8) is 0 Å². The summed E-state index contributed by atoms with van der Waals surface area (Å²) >= 11 is 3.53. The van der Waals surface area contributed by atoms with Crippen LogP contribution in [0.1, 0.15) is 67.9 Å². The van der Waals surface area contributed by atoms with Crippen LogP contribution in [0.3, 0.4) is 0 Å². The number of amides is 2. The summed E-state index contributed by atoms with van der Waals surface area (Å²) in [7, 11) is 0. The van der Waals surface area contributed by atoms with Crippen LogP contribution in [0.25, 0.3) is 0 Å². The lowest BCUT2D eigenvalue weighted by Gasteiger charge is -2.31. The molecule has 34 heavy (non-hydrogen) atoms. The third kappa shape index (κ3) is 6.37. The van der Waals surface area contributed by atoms with Gasteiger partial charge in [0.2, 0.25) is 11.8 Å². The normalized spacial score (nSPS) is 21.3. The standard InChI is InChI=1S/C25H34BrN5O3/c1-17-4-3-12-27-24(17)34-21-7-5-19(6-8-21)9-15-31-16-22(26)23(29-31)25(33)30-13-10-20(11-14-30)28-18(2)32/h3-4,12,16,19-21H,5-11,13-15H2,1-2H3,(H,28,32). The van der Waals surface area contributed by atoms with Crippen molar-refractivity contribution in [1.82, 2.24) is 25.0 Å². The molecule has 1 saturated carbocycles. The highest BCUT2D eigenvalue weighted by atomic mass is 79.9. The quantitative estimate of drug-likeness (QED) is 0.580. The number of carbonyl (C=O) groups excluding carboxylic acids is 2. The summed E-state index contributed by atoms with van der Waals surface area (Å²) in [5.41, 5.74) is 1.55. The molecule has 4 rings (SSSR count). The van der Waals surface area contributed by atoms with Gasteiger partial charge < -0.3 is 15.0 Å².